The number of rotatable bonds is 7. The number of hydrogen-bond acceptors (Lipinski definition) is 5. The summed E-state index contributed by atoms with van der Waals surface area (Å²) >= 11 is 0. The molecular weight excluding hydrogens is 349 g/mol. The SMILES string of the molecule is CC[C@H](O)COc1cccc(C(=O)c2cnn(-c3ccc(F)cc3)c2N)c1. The fraction of sp³-hybridized carbons (Fsp3) is 0.200. The van der Waals surface area contributed by atoms with Crippen LogP contribution in [0, 0.1) is 5.82 Å². The van der Waals surface area contributed by atoms with Crippen molar-refractivity contribution in [1.82, 2.24) is 9.78 Å². The Morgan fingerprint density at radius 2 is 2.04 bits per heavy atom. The molecule has 3 aromatic rings. The highest BCUT2D eigenvalue weighted by Crippen LogP contribution is 2.22. The van der Waals surface area contributed by atoms with Crippen molar-refractivity contribution in [1.29, 1.82) is 0 Å². The summed E-state index contributed by atoms with van der Waals surface area (Å²) in [4.78, 5) is 12.8. The van der Waals surface area contributed by atoms with Crippen LogP contribution in [0.1, 0.15) is 29.3 Å². The Hall–Kier alpha value is -3.19. The number of aliphatic hydroxyl groups excluding tert-OH is 1. The maximum absolute atomic E-state index is 13.1. The van der Waals surface area contributed by atoms with Gasteiger partial charge in [-0.1, -0.05) is 19.1 Å². The summed E-state index contributed by atoms with van der Waals surface area (Å²) in [6.07, 6.45) is 1.40. The lowest BCUT2D eigenvalue weighted by atomic mass is 10.1. The Balaban J connectivity index is 1.83. The Morgan fingerprint density at radius 3 is 2.74 bits per heavy atom. The van der Waals surface area contributed by atoms with Crippen molar-refractivity contribution >= 4 is 11.6 Å². The quantitative estimate of drug-likeness (QED) is 0.625. The fourth-order valence-corrected chi connectivity index (χ4v) is 2.51. The van der Waals surface area contributed by atoms with Crippen molar-refractivity contribution in [3.8, 4) is 11.4 Å². The molecule has 0 saturated heterocycles. The van der Waals surface area contributed by atoms with E-state index in [0.29, 0.717) is 23.4 Å². The van der Waals surface area contributed by atoms with Gasteiger partial charge in [0.05, 0.1) is 23.6 Å². The summed E-state index contributed by atoms with van der Waals surface area (Å²) in [5.41, 5.74) is 7.28. The van der Waals surface area contributed by atoms with Gasteiger partial charge in [-0.25, -0.2) is 9.07 Å². The second kappa shape index (κ2) is 8.01. The first-order valence-corrected chi connectivity index (χ1v) is 8.54. The van der Waals surface area contributed by atoms with Gasteiger partial charge in [0.2, 0.25) is 0 Å². The van der Waals surface area contributed by atoms with E-state index in [9.17, 15) is 14.3 Å². The van der Waals surface area contributed by atoms with Crippen molar-refractivity contribution in [2.45, 2.75) is 19.4 Å². The van der Waals surface area contributed by atoms with Gasteiger partial charge in [0, 0.05) is 5.56 Å². The van der Waals surface area contributed by atoms with Crippen molar-refractivity contribution in [3.05, 3.63) is 71.7 Å². The van der Waals surface area contributed by atoms with E-state index in [1.54, 1.807) is 24.3 Å². The molecular formula is C20H20FN3O3. The minimum Gasteiger partial charge on any atom is -0.491 e. The van der Waals surface area contributed by atoms with Crippen LogP contribution < -0.4 is 10.5 Å². The standard InChI is InChI=1S/C20H20FN3O3/c1-2-16(25)12-27-17-5-3-4-13(10-17)19(26)18-11-23-24(20(18)22)15-8-6-14(21)7-9-15/h3-11,16,25H,2,12,22H2,1H3/t16-/m0/s1. The molecule has 0 spiro atoms. The van der Waals surface area contributed by atoms with E-state index in [4.69, 9.17) is 10.5 Å². The van der Waals surface area contributed by atoms with Crippen LogP contribution in [0.3, 0.4) is 0 Å². The average molecular weight is 369 g/mol. The number of nitrogens with two attached hydrogens (primary N) is 1. The number of nitrogen functional groups attached to an aromatic ring is 1. The Kier molecular flexibility index (Phi) is 5.52. The van der Waals surface area contributed by atoms with Crippen LogP contribution in [0.5, 0.6) is 5.75 Å². The molecule has 1 atom stereocenters. The van der Waals surface area contributed by atoms with Crippen LogP contribution in [0.2, 0.25) is 0 Å². The first-order chi connectivity index (χ1) is 13.0. The predicted octanol–water partition coefficient (Wildman–Crippen LogP) is 2.97. The fourth-order valence-electron chi connectivity index (χ4n) is 2.51. The minimum atomic E-state index is -0.561. The second-order valence-corrected chi connectivity index (χ2v) is 6.06. The molecule has 1 aromatic heterocycles. The third kappa shape index (κ3) is 4.15. The highest BCUT2D eigenvalue weighted by molar-refractivity contribution is 6.11. The zero-order chi connectivity index (χ0) is 19.4. The molecule has 0 saturated carbocycles. The van der Waals surface area contributed by atoms with Gasteiger partial charge in [-0.2, -0.15) is 5.10 Å². The molecule has 0 aliphatic carbocycles. The van der Waals surface area contributed by atoms with Crippen LogP contribution in [0.25, 0.3) is 5.69 Å². The van der Waals surface area contributed by atoms with Gasteiger partial charge < -0.3 is 15.6 Å². The second-order valence-electron chi connectivity index (χ2n) is 6.06. The van der Waals surface area contributed by atoms with E-state index in [-0.39, 0.29) is 29.6 Å². The van der Waals surface area contributed by atoms with Crippen LogP contribution in [-0.2, 0) is 0 Å². The molecule has 0 bridgehead atoms. The first kappa shape index (κ1) is 18.6. The van der Waals surface area contributed by atoms with Gasteiger partial charge in [0.25, 0.3) is 0 Å². The summed E-state index contributed by atoms with van der Waals surface area (Å²) in [5.74, 6) is -0.0229. The summed E-state index contributed by atoms with van der Waals surface area (Å²) in [7, 11) is 0. The van der Waals surface area contributed by atoms with Gasteiger partial charge in [-0.3, -0.25) is 4.79 Å². The molecule has 0 unspecified atom stereocenters. The molecule has 0 radical (unpaired) electrons. The van der Waals surface area contributed by atoms with Crippen LogP contribution in [0.15, 0.2) is 54.7 Å². The molecule has 3 rings (SSSR count). The molecule has 0 aliphatic heterocycles. The summed E-state index contributed by atoms with van der Waals surface area (Å²) < 4.78 is 20.0. The minimum absolute atomic E-state index is 0.152. The molecule has 2 aromatic carbocycles. The van der Waals surface area contributed by atoms with E-state index < -0.39 is 6.10 Å². The number of hydrogen-bond donors (Lipinski definition) is 2. The van der Waals surface area contributed by atoms with Crippen molar-refractivity contribution in [2.24, 2.45) is 0 Å². The number of ether oxygens (including phenoxy) is 1. The van der Waals surface area contributed by atoms with E-state index in [0.717, 1.165) is 0 Å². The number of benzene rings is 2. The van der Waals surface area contributed by atoms with Crippen molar-refractivity contribution in [2.75, 3.05) is 12.3 Å². The third-order valence-electron chi connectivity index (χ3n) is 4.13. The van der Waals surface area contributed by atoms with Gasteiger partial charge in [0.15, 0.2) is 5.78 Å². The summed E-state index contributed by atoms with van der Waals surface area (Å²) in [6, 6.07) is 12.3. The first-order valence-electron chi connectivity index (χ1n) is 8.54. The monoisotopic (exact) mass is 369 g/mol. The largest absolute Gasteiger partial charge is 0.491 e. The average Bonchev–Trinajstić information content (AvgIpc) is 3.07. The topological polar surface area (TPSA) is 90.4 Å². The van der Waals surface area contributed by atoms with E-state index in [2.05, 4.69) is 5.10 Å². The lowest BCUT2D eigenvalue weighted by molar-refractivity contribution is 0.102. The molecule has 7 heteroatoms. The van der Waals surface area contributed by atoms with E-state index in [1.165, 1.54) is 35.1 Å². The Bertz CT molecular complexity index is 938. The maximum Gasteiger partial charge on any atom is 0.198 e. The molecule has 0 fully saturated rings. The zero-order valence-electron chi connectivity index (χ0n) is 14.8. The molecule has 6 nitrogen and oxygen atoms in total. The number of anilines is 1. The van der Waals surface area contributed by atoms with Gasteiger partial charge in [-0.15, -0.1) is 0 Å². The van der Waals surface area contributed by atoms with Gasteiger partial charge in [0.1, 0.15) is 24.0 Å². The smallest absolute Gasteiger partial charge is 0.198 e. The van der Waals surface area contributed by atoms with Crippen molar-refractivity contribution < 1.29 is 19.0 Å². The van der Waals surface area contributed by atoms with Crippen LogP contribution >= 0.6 is 0 Å². The van der Waals surface area contributed by atoms with Gasteiger partial charge >= 0.3 is 0 Å². The van der Waals surface area contributed by atoms with Crippen molar-refractivity contribution in [3.63, 3.8) is 0 Å². The number of aromatic nitrogens is 2. The Morgan fingerprint density at radius 1 is 1.30 bits per heavy atom. The number of ketones is 1. The maximum atomic E-state index is 13.1. The number of carbonyl (C=O) groups is 1. The van der Waals surface area contributed by atoms with E-state index >= 15 is 0 Å². The molecule has 1 heterocycles. The molecule has 0 aliphatic rings. The van der Waals surface area contributed by atoms with Crippen LogP contribution in [0.4, 0.5) is 10.2 Å². The number of nitrogens with zero attached hydrogens (tertiary/aromatic N) is 2. The van der Waals surface area contributed by atoms with Gasteiger partial charge in [-0.05, 0) is 42.8 Å². The summed E-state index contributed by atoms with van der Waals surface area (Å²) in [6.45, 7) is 2.01. The number of aliphatic hydroxyl groups is 1. The normalized spacial score (nSPS) is 12.0. The molecule has 0 amide bonds. The highest BCUT2D eigenvalue weighted by atomic mass is 19.1. The molecule has 3 N–H and O–H groups in total. The number of halogens is 1. The lowest BCUT2D eigenvalue weighted by Gasteiger charge is -2.11. The summed E-state index contributed by atoms with van der Waals surface area (Å²) in [5, 5.41) is 13.7. The zero-order valence-corrected chi connectivity index (χ0v) is 14.8. The predicted molar refractivity (Wildman–Crippen MR) is 99.6 cm³/mol. The van der Waals surface area contributed by atoms with Crippen LogP contribution in [-0.4, -0.2) is 33.4 Å². The molecule has 27 heavy (non-hydrogen) atoms. The third-order valence-corrected chi connectivity index (χ3v) is 4.13. The number of carbonyl (C=O) groups excluding carboxylic acids is 1. The molecule has 140 valence electrons. The Labute approximate surface area is 156 Å². The lowest BCUT2D eigenvalue weighted by Crippen LogP contribution is -2.16. The highest BCUT2D eigenvalue weighted by Gasteiger charge is 2.18. The van der Waals surface area contributed by atoms with E-state index in [1.807, 2.05) is 6.92 Å².